The molecule has 1 aromatic heterocycles. The van der Waals surface area contributed by atoms with Crippen molar-refractivity contribution in [1.29, 1.82) is 0 Å². The van der Waals surface area contributed by atoms with Crippen LogP contribution in [0.5, 0.6) is 0 Å². The summed E-state index contributed by atoms with van der Waals surface area (Å²) in [7, 11) is 1.10. The first kappa shape index (κ1) is 13.2. The first-order chi connectivity index (χ1) is 7.45. The molecule has 3 nitrogen and oxygen atoms in total. The monoisotopic (exact) mass is 345 g/mol. The lowest BCUT2D eigenvalue weighted by molar-refractivity contribution is -0.139. The van der Waals surface area contributed by atoms with Gasteiger partial charge in [-0.25, -0.2) is 13.8 Å². The van der Waals surface area contributed by atoms with Gasteiger partial charge in [-0.3, -0.25) is 4.79 Å². The number of ether oxygens (including phenoxy) is 1. The highest BCUT2D eigenvalue weighted by molar-refractivity contribution is 14.1. The molecule has 0 aliphatic rings. The van der Waals surface area contributed by atoms with Crippen molar-refractivity contribution in [2.24, 2.45) is 0 Å². The van der Waals surface area contributed by atoms with Crippen LogP contribution in [0.15, 0.2) is 6.07 Å². The molecule has 0 aliphatic carbocycles. The van der Waals surface area contributed by atoms with E-state index in [1.807, 2.05) is 0 Å². The summed E-state index contributed by atoms with van der Waals surface area (Å²) in [5, 5.41) is 0. The van der Waals surface area contributed by atoms with Crippen LogP contribution in [0, 0.1) is 9.65 Å². The lowest BCUT2D eigenvalue weighted by Gasteiger charge is -2.09. The van der Waals surface area contributed by atoms with Crippen LogP contribution in [0.4, 0.5) is 13.2 Å². The third-order valence-corrected chi connectivity index (χ3v) is 2.41. The molecule has 0 N–H and O–H groups in total. The van der Waals surface area contributed by atoms with Gasteiger partial charge in [0.25, 0.3) is 6.43 Å². The van der Waals surface area contributed by atoms with Crippen LogP contribution in [0.1, 0.15) is 17.6 Å². The number of esters is 1. The van der Waals surface area contributed by atoms with Crippen LogP contribution in [-0.4, -0.2) is 18.1 Å². The van der Waals surface area contributed by atoms with Crippen LogP contribution < -0.4 is 0 Å². The SMILES string of the molecule is COC(=O)Cc1c(C(F)F)cc(I)nc1F. The molecular weight excluding hydrogens is 338 g/mol. The van der Waals surface area contributed by atoms with Crippen LogP contribution >= 0.6 is 22.6 Å². The fraction of sp³-hybridized carbons (Fsp3) is 0.333. The zero-order valence-corrected chi connectivity index (χ0v) is 10.3. The van der Waals surface area contributed by atoms with E-state index in [1.54, 1.807) is 22.6 Å². The van der Waals surface area contributed by atoms with E-state index in [4.69, 9.17) is 0 Å². The Morgan fingerprint density at radius 1 is 1.62 bits per heavy atom. The average Bonchev–Trinajstić information content (AvgIpc) is 2.20. The van der Waals surface area contributed by atoms with Crippen molar-refractivity contribution in [3.8, 4) is 0 Å². The molecular formula is C9H7F3INO2. The number of carbonyl (C=O) groups is 1. The zero-order chi connectivity index (χ0) is 12.3. The minimum absolute atomic E-state index is 0.110. The van der Waals surface area contributed by atoms with Gasteiger partial charge in [-0.05, 0) is 28.7 Å². The first-order valence-corrected chi connectivity index (χ1v) is 5.23. The van der Waals surface area contributed by atoms with Gasteiger partial charge in [-0.2, -0.15) is 4.39 Å². The van der Waals surface area contributed by atoms with Gasteiger partial charge in [0, 0.05) is 11.1 Å². The van der Waals surface area contributed by atoms with Crippen molar-refractivity contribution in [3.05, 3.63) is 26.8 Å². The predicted molar refractivity (Wildman–Crippen MR) is 57.6 cm³/mol. The molecule has 0 aromatic carbocycles. The van der Waals surface area contributed by atoms with Crippen LogP contribution in [-0.2, 0) is 16.0 Å². The number of aromatic nitrogens is 1. The molecule has 0 unspecified atom stereocenters. The number of hydrogen-bond acceptors (Lipinski definition) is 3. The van der Waals surface area contributed by atoms with Gasteiger partial charge < -0.3 is 4.74 Å². The fourth-order valence-electron chi connectivity index (χ4n) is 1.11. The molecule has 7 heteroatoms. The molecule has 0 fully saturated rings. The Hall–Kier alpha value is -0.860. The summed E-state index contributed by atoms with van der Waals surface area (Å²) in [5.74, 6) is -1.85. The summed E-state index contributed by atoms with van der Waals surface area (Å²) < 4.78 is 42.9. The van der Waals surface area contributed by atoms with Crippen molar-refractivity contribution in [2.75, 3.05) is 7.11 Å². The summed E-state index contributed by atoms with van der Waals surface area (Å²) in [6.45, 7) is 0. The highest BCUT2D eigenvalue weighted by atomic mass is 127. The number of pyridine rings is 1. The molecule has 0 saturated heterocycles. The van der Waals surface area contributed by atoms with Crippen LogP contribution in [0.3, 0.4) is 0 Å². The molecule has 0 saturated carbocycles. The maximum atomic E-state index is 13.3. The zero-order valence-electron chi connectivity index (χ0n) is 8.14. The van der Waals surface area contributed by atoms with Crippen molar-refractivity contribution >= 4 is 28.6 Å². The van der Waals surface area contributed by atoms with E-state index < -0.39 is 35.9 Å². The van der Waals surface area contributed by atoms with E-state index in [-0.39, 0.29) is 3.70 Å². The predicted octanol–water partition coefficient (Wildman–Crippen LogP) is 2.48. The van der Waals surface area contributed by atoms with Crippen molar-refractivity contribution < 1.29 is 22.7 Å². The van der Waals surface area contributed by atoms with Gasteiger partial charge in [0.1, 0.15) is 3.70 Å². The Morgan fingerprint density at radius 3 is 2.75 bits per heavy atom. The number of carbonyl (C=O) groups excluding carboxylic acids is 1. The minimum atomic E-state index is -2.86. The smallest absolute Gasteiger partial charge is 0.310 e. The highest BCUT2D eigenvalue weighted by Crippen LogP contribution is 2.26. The van der Waals surface area contributed by atoms with Gasteiger partial charge in [0.2, 0.25) is 5.95 Å². The maximum absolute atomic E-state index is 13.3. The topological polar surface area (TPSA) is 39.2 Å². The van der Waals surface area contributed by atoms with Gasteiger partial charge in [0.05, 0.1) is 13.5 Å². The average molecular weight is 345 g/mol. The Labute approximate surface area is 103 Å². The third kappa shape index (κ3) is 3.06. The summed E-state index contributed by atoms with van der Waals surface area (Å²) in [6.07, 6.45) is -3.41. The van der Waals surface area contributed by atoms with Gasteiger partial charge in [-0.15, -0.1) is 0 Å². The van der Waals surface area contributed by atoms with Crippen LogP contribution in [0.2, 0.25) is 0 Å². The second-order valence-electron chi connectivity index (χ2n) is 2.86. The number of methoxy groups -OCH3 is 1. The summed E-state index contributed by atoms with van der Waals surface area (Å²) >= 11 is 1.62. The van der Waals surface area contributed by atoms with Crippen LogP contribution in [0.25, 0.3) is 0 Å². The van der Waals surface area contributed by atoms with Crippen molar-refractivity contribution in [2.45, 2.75) is 12.8 Å². The van der Waals surface area contributed by atoms with E-state index in [2.05, 4.69) is 9.72 Å². The largest absolute Gasteiger partial charge is 0.469 e. The van der Waals surface area contributed by atoms with E-state index in [1.165, 1.54) is 0 Å². The molecule has 0 amide bonds. The lowest BCUT2D eigenvalue weighted by Crippen LogP contribution is -2.11. The molecule has 0 radical (unpaired) electrons. The van der Waals surface area contributed by atoms with E-state index in [0.29, 0.717) is 0 Å². The normalized spacial score (nSPS) is 10.6. The minimum Gasteiger partial charge on any atom is -0.469 e. The molecule has 0 bridgehead atoms. The molecule has 88 valence electrons. The highest BCUT2D eigenvalue weighted by Gasteiger charge is 2.21. The number of halogens is 4. The molecule has 0 spiro atoms. The van der Waals surface area contributed by atoms with E-state index in [9.17, 15) is 18.0 Å². The Kier molecular flexibility index (Phi) is 4.51. The molecule has 0 aliphatic heterocycles. The van der Waals surface area contributed by atoms with Crippen molar-refractivity contribution in [3.63, 3.8) is 0 Å². The number of hydrogen-bond donors (Lipinski definition) is 0. The lowest BCUT2D eigenvalue weighted by atomic mass is 10.1. The molecule has 1 aromatic rings. The molecule has 1 rings (SSSR count). The third-order valence-electron chi connectivity index (χ3n) is 1.86. The second-order valence-corrected chi connectivity index (χ2v) is 3.96. The fourth-order valence-corrected chi connectivity index (χ4v) is 1.66. The quantitative estimate of drug-likeness (QED) is 0.480. The molecule has 0 atom stereocenters. The number of alkyl halides is 2. The summed E-state index contributed by atoms with van der Waals surface area (Å²) in [4.78, 5) is 14.3. The van der Waals surface area contributed by atoms with Gasteiger partial charge in [-0.1, -0.05) is 0 Å². The second kappa shape index (κ2) is 5.46. The maximum Gasteiger partial charge on any atom is 0.310 e. The van der Waals surface area contributed by atoms with E-state index in [0.717, 1.165) is 13.2 Å². The number of rotatable bonds is 3. The Balaban J connectivity index is 3.19. The summed E-state index contributed by atoms with van der Waals surface area (Å²) in [5.41, 5.74) is -0.940. The van der Waals surface area contributed by atoms with Gasteiger partial charge in [0.15, 0.2) is 0 Å². The summed E-state index contributed by atoms with van der Waals surface area (Å²) in [6, 6.07) is 1.05. The van der Waals surface area contributed by atoms with E-state index >= 15 is 0 Å². The standard InChI is InChI=1S/C9H7F3INO2/c1-16-7(15)3-5-4(8(10)11)2-6(13)14-9(5)12/h2,8H,3H2,1H3. The Morgan fingerprint density at radius 2 is 2.25 bits per heavy atom. The number of nitrogens with zero attached hydrogens (tertiary/aromatic N) is 1. The van der Waals surface area contributed by atoms with Crippen molar-refractivity contribution in [1.82, 2.24) is 4.98 Å². The molecule has 16 heavy (non-hydrogen) atoms. The Bertz CT molecular complexity index is 412. The first-order valence-electron chi connectivity index (χ1n) is 4.15. The van der Waals surface area contributed by atoms with Gasteiger partial charge >= 0.3 is 5.97 Å². The molecule has 1 heterocycles.